The second-order valence-corrected chi connectivity index (χ2v) is 3.57. The summed E-state index contributed by atoms with van der Waals surface area (Å²) in [4.78, 5) is 2.46. The molecule has 0 aliphatic heterocycles. The van der Waals surface area contributed by atoms with Crippen LogP contribution in [0.25, 0.3) is 11.1 Å². The Labute approximate surface area is 94.6 Å². The summed E-state index contributed by atoms with van der Waals surface area (Å²) < 4.78 is 39.6. The highest BCUT2D eigenvalue weighted by molar-refractivity contribution is 7.71. The van der Waals surface area contributed by atoms with E-state index in [9.17, 15) is 13.2 Å². The molecule has 0 aliphatic carbocycles. The smallest absolute Gasteiger partial charge is 0.166 e. The number of hydrogen-bond donors (Lipinski definition) is 1. The SMILES string of the molecule is Fc1c[nH]c(=S)c(-c2cccc(F)c2F)c1. The molecule has 0 bridgehead atoms. The van der Waals surface area contributed by atoms with Crippen LogP contribution in [0.4, 0.5) is 13.2 Å². The number of pyridine rings is 1. The predicted octanol–water partition coefficient (Wildman–Crippen LogP) is 3.83. The maximum Gasteiger partial charge on any atom is 0.166 e. The topological polar surface area (TPSA) is 15.8 Å². The van der Waals surface area contributed by atoms with E-state index in [0.29, 0.717) is 0 Å². The molecule has 1 aromatic heterocycles. The van der Waals surface area contributed by atoms with E-state index in [1.165, 1.54) is 12.1 Å². The minimum absolute atomic E-state index is 0.0549. The summed E-state index contributed by atoms with van der Waals surface area (Å²) in [6.07, 6.45) is 1.06. The normalized spacial score (nSPS) is 10.4. The van der Waals surface area contributed by atoms with Gasteiger partial charge in [-0.1, -0.05) is 24.4 Å². The fourth-order valence-corrected chi connectivity index (χ4v) is 1.60. The van der Waals surface area contributed by atoms with E-state index in [-0.39, 0.29) is 15.8 Å². The molecule has 0 amide bonds. The van der Waals surface area contributed by atoms with Crippen molar-refractivity contribution in [1.29, 1.82) is 0 Å². The monoisotopic (exact) mass is 241 g/mol. The van der Waals surface area contributed by atoms with Gasteiger partial charge in [0, 0.05) is 17.3 Å². The molecule has 0 atom stereocenters. The first kappa shape index (κ1) is 10.9. The lowest BCUT2D eigenvalue weighted by Crippen LogP contribution is -1.92. The molecule has 0 saturated carbocycles. The largest absolute Gasteiger partial charge is 0.350 e. The van der Waals surface area contributed by atoms with Gasteiger partial charge in [0.2, 0.25) is 0 Å². The molecule has 0 fully saturated rings. The van der Waals surface area contributed by atoms with Gasteiger partial charge < -0.3 is 4.98 Å². The number of aromatic amines is 1. The van der Waals surface area contributed by atoms with Crippen molar-refractivity contribution in [1.82, 2.24) is 4.98 Å². The Hall–Kier alpha value is -1.62. The van der Waals surface area contributed by atoms with Crippen LogP contribution in [0, 0.1) is 22.1 Å². The summed E-state index contributed by atoms with van der Waals surface area (Å²) in [6.45, 7) is 0. The van der Waals surface area contributed by atoms with E-state index in [0.717, 1.165) is 18.3 Å². The van der Waals surface area contributed by atoms with Crippen LogP contribution < -0.4 is 0 Å². The predicted molar refractivity (Wildman–Crippen MR) is 56.9 cm³/mol. The zero-order valence-electron chi connectivity index (χ0n) is 7.93. The first-order valence-electron chi connectivity index (χ1n) is 4.42. The highest BCUT2D eigenvalue weighted by Gasteiger charge is 2.11. The molecule has 1 nitrogen and oxygen atoms in total. The van der Waals surface area contributed by atoms with Crippen molar-refractivity contribution in [3.63, 3.8) is 0 Å². The van der Waals surface area contributed by atoms with Crippen molar-refractivity contribution in [2.24, 2.45) is 0 Å². The van der Waals surface area contributed by atoms with Gasteiger partial charge in [0.1, 0.15) is 10.5 Å². The molecular weight excluding hydrogens is 235 g/mol. The number of aromatic nitrogens is 1. The van der Waals surface area contributed by atoms with Gasteiger partial charge in [-0.3, -0.25) is 0 Å². The summed E-state index contributed by atoms with van der Waals surface area (Å²) >= 11 is 4.89. The lowest BCUT2D eigenvalue weighted by molar-refractivity contribution is 0.511. The number of halogens is 3. The van der Waals surface area contributed by atoms with Crippen molar-refractivity contribution < 1.29 is 13.2 Å². The van der Waals surface area contributed by atoms with Gasteiger partial charge >= 0.3 is 0 Å². The summed E-state index contributed by atoms with van der Waals surface area (Å²) in [6, 6.07) is 4.74. The van der Waals surface area contributed by atoms with Crippen LogP contribution in [0.3, 0.4) is 0 Å². The maximum atomic E-state index is 13.4. The maximum absolute atomic E-state index is 13.4. The number of rotatable bonds is 1. The molecule has 1 N–H and O–H groups in total. The Bertz CT molecular complexity index is 592. The molecule has 0 saturated heterocycles. The molecule has 2 aromatic rings. The summed E-state index contributed by atoms with van der Waals surface area (Å²) in [7, 11) is 0. The van der Waals surface area contributed by atoms with Gasteiger partial charge in [0.05, 0.1) is 0 Å². The molecule has 0 aliphatic rings. The second-order valence-electron chi connectivity index (χ2n) is 3.16. The van der Waals surface area contributed by atoms with Gasteiger partial charge in [0.15, 0.2) is 11.6 Å². The number of H-pyrrole nitrogens is 1. The van der Waals surface area contributed by atoms with Crippen molar-refractivity contribution in [2.75, 3.05) is 0 Å². The fraction of sp³-hybridized carbons (Fsp3) is 0. The average Bonchev–Trinajstić information content (AvgIpc) is 2.26. The van der Waals surface area contributed by atoms with Crippen LogP contribution in [0.15, 0.2) is 30.5 Å². The minimum atomic E-state index is -1.03. The summed E-state index contributed by atoms with van der Waals surface area (Å²) in [5, 5.41) is 0. The average molecular weight is 241 g/mol. The van der Waals surface area contributed by atoms with Gasteiger partial charge in [-0.25, -0.2) is 13.2 Å². The van der Waals surface area contributed by atoms with Crippen molar-refractivity contribution in [3.05, 3.63) is 52.6 Å². The third-order valence-corrected chi connectivity index (χ3v) is 2.45. The first-order valence-corrected chi connectivity index (χ1v) is 4.83. The van der Waals surface area contributed by atoms with Gasteiger partial charge in [-0.05, 0) is 12.1 Å². The number of nitrogens with one attached hydrogen (secondary N) is 1. The van der Waals surface area contributed by atoms with E-state index in [4.69, 9.17) is 12.2 Å². The highest BCUT2D eigenvalue weighted by atomic mass is 32.1. The third kappa shape index (κ3) is 1.86. The van der Waals surface area contributed by atoms with Gasteiger partial charge in [-0.2, -0.15) is 0 Å². The van der Waals surface area contributed by atoms with Crippen LogP contribution in [-0.2, 0) is 0 Å². The van der Waals surface area contributed by atoms with E-state index >= 15 is 0 Å². The van der Waals surface area contributed by atoms with Crippen molar-refractivity contribution in [3.8, 4) is 11.1 Å². The van der Waals surface area contributed by atoms with Gasteiger partial charge in [-0.15, -0.1) is 0 Å². The van der Waals surface area contributed by atoms with Gasteiger partial charge in [0.25, 0.3) is 0 Å². The Balaban J connectivity index is 2.72. The van der Waals surface area contributed by atoms with Crippen LogP contribution in [-0.4, -0.2) is 4.98 Å². The van der Waals surface area contributed by atoms with Crippen LogP contribution in [0.1, 0.15) is 0 Å². The first-order chi connectivity index (χ1) is 7.59. The summed E-state index contributed by atoms with van der Waals surface area (Å²) in [5.74, 6) is -2.61. The lowest BCUT2D eigenvalue weighted by Gasteiger charge is -2.04. The van der Waals surface area contributed by atoms with Crippen molar-refractivity contribution >= 4 is 12.2 Å². The Kier molecular flexibility index (Phi) is 2.78. The van der Waals surface area contributed by atoms with E-state index in [1.807, 2.05) is 0 Å². The minimum Gasteiger partial charge on any atom is -0.350 e. The molecule has 0 spiro atoms. The van der Waals surface area contributed by atoms with E-state index < -0.39 is 17.5 Å². The number of benzene rings is 1. The lowest BCUT2D eigenvalue weighted by atomic mass is 10.1. The standard InChI is InChI=1S/C11H6F3NS/c12-6-4-8(11(16)15-5-6)7-2-1-3-9(13)10(7)14/h1-5H,(H,15,16). The second kappa shape index (κ2) is 4.09. The number of hydrogen-bond acceptors (Lipinski definition) is 1. The summed E-state index contributed by atoms with van der Waals surface area (Å²) in [5.41, 5.74) is 0.0766. The third-order valence-electron chi connectivity index (χ3n) is 2.11. The molecule has 82 valence electrons. The molecule has 2 rings (SSSR count). The molecular formula is C11H6F3NS. The molecule has 1 aromatic carbocycles. The quantitative estimate of drug-likeness (QED) is 0.750. The molecule has 5 heteroatoms. The van der Waals surface area contributed by atoms with E-state index in [2.05, 4.69) is 4.98 Å². The van der Waals surface area contributed by atoms with Crippen LogP contribution in [0.2, 0.25) is 0 Å². The van der Waals surface area contributed by atoms with Crippen LogP contribution >= 0.6 is 12.2 Å². The van der Waals surface area contributed by atoms with Crippen molar-refractivity contribution in [2.45, 2.75) is 0 Å². The zero-order valence-corrected chi connectivity index (χ0v) is 8.75. The van der Waals surface area contributed by atoms with Crippen LogP contribution in [0.5, 0.6) is 0 Å². The molecule has 0 unspecified atom stereocenters. The van der Waals surface area contributed by atoms with E-state index in [1.54, 1.807) is 0 Å². The zero-order chi connectivity index (χ0) is 11.7. The Morgan fingerprint density at radius 3 is 2.56 bits per heavy atom. The molecule has 16 heavy (non-hydrogen) atoms. The Morgan fingerprint density at radius 2 is 1.81 bits per heavy atom. The molecule has 1 heterocycles. The Morgan fingerprint density at radius 1 is 1.06 bits per heavy atom. The molecule has 0 radical (unpaired) electrons. The highest BCUT2D eigenvalue weighted by Crippen LogP contribution is 2.25. The fourth-order valence-electron chi connectivity index (χ4n) is 1.37.